The molecule has 7 rings (SSSR count). The van der Waals surface area contributed by atoms with E-state index in [0.717, 1.165) is 69.9 Å². The molecular weight excluding hydrogens is 889 g/mol. The lowest BCUT2D eigenvalue weighted by molar-refractivity contribution is -0.135. The van der Waals surface area contributed by atoms with Crippen molar-refractivity contribution >= 4 is 24.0 Å². The van der Waals surface area contributed by atoms with Gasteiger partial charge in [-0.15, -0.1) is 12.8 Å². The number of aromatic amines is 2. The van der Waals surface area contributed by atoms with Crippen LogP contribution in [0.4, 0.5) is 9.59 Å². The number of H-pyrrole nitrogens is 2. The quantitative estimate of drug-likeness (QED) is 0.0779. The van der Waals surface area contributed by atoms with Crippen molar-refractivity contribution in [3.63, 3.8) is 0 Å². The number of imidazole rings is 2. The van der Waals surface area contributed by atoms with Crippen LogP contribution >= 0.6 is 0 Å². The van der Waals surface area contributed by atoms with Crippen molar-refractivity contribution in [2.24, 2.45) is 5.92 Å². The van der Waals surface area contributed by atoms with Gasteiger partial charge in [-0.3, -0.25) is 9.59 Å². The summed E-state index contributed by atoms with van der Waals surface area (Å²) in [7, 11) is 5.79. The molecule has 3 heterocycles. The standard InChI is InChI=1S/C45H52N8O7.C3H8.C2H6O.C2H6.C2H2/c1-7-27(4)53(40(54)21-47-44(56)58-5)24-39-48-35-16-14-29-18-34-32-15-13-30(17-31(32)25-60-37(34)19-33(29)42(35)50-39)36-20-46-38(49-36)23-52(22-26(2)3)43(55)41(51-45(57)59-6)28-11-9-8-10-12-28;2*1-3-2;2*1-2/h8-13,15,17-20,26-27,41H,7,14,16,21-25H2,1-6H3,(H,46,49)(H,47,56)(H,48,50)(H,51,57);3H2,1-2H3;1-2H3;1-2H3;1-2H/t27-,41+;;;;/m0..../s1. The zero-order valence-corrected chi connectivity index (χ0v) is 43.2. The summed E-state index contributed by atoms with van der Waals surface area (Å²) in [5.41, 5.74) is 9.63. The zero-order chi connectivity index (χ0) is 51.9. The van der Waals surface area contributed by atoms with Crippen molar-refractivity contribution in [2.45, 2.75) is 113 Å². The smallest absolute Gasteiger partial charge is 0.407 e. The van der Waals surface area contributed by atoms with Gasteiger partial charge >= 0.3 is 12.2 Å². The summed E-state index contributed by atoms with van der Waals surface area (Å²) in [5.74, 6) is 1.77. The number of nitrogens with zero attached hydrogens (tertiary/aromatic N) is 4. The maximum Gasteiger partial charge on any atom is 0.407 e. The van der Waals surface area contributed by atoms with Gasteiger partial charge in [0.2, 0.25) is 11.8 Å². The largest absolute Gasteiger partial charge is 0.488 e. The van der Waals surface area contributed by atoms with Crippen LogP contribution in [0, 0.1) is 18.8 Å². The molecular formula is C54H74N8O8. The van der Waals surface area contributed by atoms with Crippen molar-refractivity contribution in [3.05, 3.63) is 101 Å². The Kier molecular flexibility index (Phi) is 23.7. The number of aromatic nitrogens is 4. The Labute approximate surface area is 414 Å². The SMILES string of the molecule is C#C.CC.CCC.CC[C@H](C)N(Cc1nc2c([nH]1)CCc1cc3c(cc1-2)OCc1cc(-c2cnc(CN(CC(C)C)C(=O)[C@H](NC(=O)OC)c4ccccc4)[nH]2)ccc1-3)C(=O)CNC(=O)OC.COC. The minimum atomic E-state index is -0.925. The van der Waals surface area contributed by atoms with E-state index in [9.17, 15) is 19.2 Å². The number of benzene rings is 3. The van der Waals surface area contributed by atoms with Crippen molar-refractivity contribution in [1.29, 1.82) is 0 Å². The molecule has 378 valence electrons. The van der Waals surface area contributed by atoms with Gasteiger partial charge in [0.25, 0.3) is 0 Å². The van der Waals surface area contributed by atoms with Gasteiger partial charge < -0.3 is 49.3 Å². The predicted molar refractivity (Wildman–Crippen MR) is 275 cm³/mol. The molecule has 0 radical (unpaired) electrons. The van der Waals surface area contributed by atoms with Crippen molar-refractivity contribution < 1.29 is 38.1 Å². The number of rotatable bonds is 14. The number of nitrogens with one attached hydrogen (secondary N) is 4. The molecule has 1 aliphatic carbocycles. The van der Waals surface area contributed by atoms with Gasteiger partial charge in [-0.1, -0.05) is 97.4 Å². The average molecular weight is 963 g/mol. The van der Waals surface area contributed by atoms with Crippen LogP contribution in [0.2, 0.25) is 0 Å². The number of carbonyl (C=O) groups excluding carboxylic acids is 4. The van der Waals surface area contributed by atoms with Crippen molar-refractivity contribution in [1.82, 2.24) is 40.4 Å². The molecule has 16 heteroatoms. The Hall–Kier alpha value is -7.12. The van der Waals surface area contributed by atoms with E-state index in [1.807, 2.05) is 59.7 Å². The van der Waals surface area contributed by atoms with Gasteiger partial charge in [-0.25, -0.2) is 19.6 Å². The summed E-state index contributed by atoms with van der Waals surface area (Å²) in [5, 5.41) is 5.20. The Balaban J connectivity index is 0.00000120. The number of aryl methyl sites for hydroxylation is 2. The average Bonchev–Trinajstić information content (AvgIpc) is 4.04. The maximum absolute atomic E-state index is 14.0. The van der Waals surface area contributed by atoms with Crippen LogP contribution in [-0.2, 0) is 56.3 Å². The number of amides is 4. The Bertz CT molecular complexity index is 2460. The summed E-state index contributed by atoms with van der Waals surface area (Å²) in [6, 6.07) is 18.7. The van der Waals surface area contributed by atoms with Gasteiger partial charge in [-0.2, -0.15) is 0 Å². The molecule has 2 aliphatic rings. The summed E-state index contributed by atoms with van der Waals surface area (Å²) >= 11 is 0. The second-order valence-electron chi connectivity index (χ2n) is 16.8. The van der Waals surface area contributed by atoms with E-state index >= 15 is 0 Å². The number of carbonyl (C=O) groups is 4. The second-order valence-corrected chi connectivity index (χ2v) is 16.8. The third kappa shape index (κ3) is 15.2. The Morgan fingerprint density at radius 3 is 2.11 bits per heavy atom. The molecule has 0 saturated heterocycles. The minimum absolute atomic E-state index is 0.0603. The third-order valence-electron chi connectivity index (χ3n) is 11.0. The molecule has 1 aliphatic heterocycles. The Morgan fingerprint density at radius 1 is 0.814 bits per heavy atom. The van der Waals surface area contributed by atoms with Crippen LogP contribution in [0.3, 0.4) is 0 Å². The van der Waals surface area contributed by atoms with Crippen LogP contribution in [0.25, 0.3) is 33.6 Å². The third-order valence-corrected chi connectivity index (χ3v) is 11.0. The number of ether oxygens (including phenoxy) is 4. The summed E-state index contributed by atoms with van der Waals surface area (Å²) in [6.45, 7) is 17.5. The van der Waals surface area contributed by atoms with E-state index in [0.29, 0.717) is 30.4 Å². The number of hydrogen-bond acceptors (Lipinski definition) is 10. The van der Waals surface area contributed by atoms with Crippen LogP contribution in [-0.4, -0.2) is 101 Å². The van der Waals surface area contributed by atoms with E-state index in [4.69, 9.17) is 14.5 Å². The predicted octanol–water partition coefficient (Wildman–Crippen LogP) is 9.64. The zero-order valence-electron chi connectivity index (χ0n) is 43.2. The van der Waals surface area contributed by atoms with Gasteiger partial charge in [0.15, 0.2) is 0 Å². The maximum atomic E-state index is 14.0. The lowest BCUT2D eigenvalue weighted by atomic mass is 9.86. The highest BCUT2D eigenvalue weighted by atomic mass is 16.5. The number of terminal acetylenes is 1. The minimum Gasteiger partial charge on any atom is -0.488 e. The molecule has 0 saturated carbocycles. The fourth-order valence-electron chi connectivity index (χ4n) is 7.81. The summed E-state index contributed by atoms with van der Waals surface area (Å²) < 4.78 is 20.1. The van der Waals surface area contributed by atoms with Gasteiger partial charge in [0, 0.05) is 43.6 Å². The van der Waals surface area contributed by atoms with E-state index < -0.39 is 18.2 Å². The van der Waals surface area contributed by atoms with Crippen LogP contribution in [0.15, 0.2) is 66.9 Å². The van der Waals surface area contributed by atoms with Crippen molar-refractivity contribution in [2.75, 3.05) is 41.5 Å². The molecule has 3 aromatic carbocycles. The first-order valence-corrected chi connectivity index (χ1v) is 23.9. The van der Waals surface area contributed by atoms with E-state index in [1.165, 1.54) is 26.2 Å². The number of hydrogen-bond donors (Lipinski definition) is 4. The fraction of sp³-hybridized carbons (Fsp3) is 0.444. The van der Waals surface area contributed by atoms with Crippen LogP contribution in [0.1, 0.15) is 108 Å². The first kappa shape index (κ1) is 57.2. The lowest BCUT2D eigenvalue weighted by Gasteiger charge is -2.28. The number of alkyl carbamates (subject to hydrolysis) is 2. The highest BCUT2D eigenvalue weighted by molar-refractivity contribution is 5.87. The molecule has 0 bridgehead atoms. The molecule has 16 nitrogen and oxygen atoms in total. The topological polar surface area (TPSA) is 193 Å². The number of fused-ring (bicyclic) bond motifs is 6. The van der Waals surface area contributed by atoms with E-state index in [1.54, 1.807) is 42.3 Å². The molecule has 70 heavy (non-hydrogen) atoms. The van der Waals surface area contributed by atoms with Gasteiger partial charge in [0.1, 0.15) is 36.6 Å². The highest BCUT2D eigenvalue weighted by Crippen LogP contribution is 2.44. The molecule has 2 aromatic heterocycles. The molecule has 0 spiro atoms. The molecule has 0 fully saturated rings. The number of methoxy groups -OCH3 is 3. The Morgan fingerprint density at radius 2 is 1.49 bits per heavy atom. The molecule has 5 aromatic rings. The lowest BCUT2D eigenvalue weighted by Crippen LogP contribution is -2.44. The van der Waals surface area contributed by atoms with E-state index in [2.05, 4.69) is 92.1 Å². The van der Waals surface area contributed by atoms with Gasteiger partial charge in [-0.05, 0) is 78.1 Å². The molecule has 4 amide bonds. The first-order valence-electron chi connectivity index (χ1n) is 23.9. The van der Waals surface area contributed by atoms with Crippen molar-refractivity contribution in [3.8, 4) is 52.2 Å². The first-order chi connectivity index (χ1) is 33.8. The van der Waals surface area contributed by atoms with Crippen LogP contribution in [0.5, 0.6) is 5.75 Å². The summed E-state index contributed by atoms with van der Waals surface area (Å²) in [6.07, 6.45) is 12.0. The second kappa shape index (κ2) is 29.0. The van der Waals surface area contributed by atoms with Gasteiger partial charge in [0.05, 0.1) is 44.9 Å². The molecule has 0 unspecified atom stereocenters. The fourth-order valence-corrected chi connectivity index (χ4v) is 7.81. The normalized spacial score (nSPS) is 12.1. The molecule has 4 N–H and O–H groups in total. The van der Waals surface area contributed by atoms with E-state index in [-0.39, 0.29) is 43.4 Å². The monoisotopic (exact) mass is 963 g/mol. The summed E-state index contributed by atoms with van der Waals surface area (Å²) in [4.78, 5) is 71.1. The van der Waals surface area contributed by atoms with Crippen LogP contribution < -0.4 is 15.4 Å². The highest BCUT2D eigenvalue weighted by Gasteiger charge is 2.31. The molecule has 2 atom stereocenters.